The summed E-state index contributed by atoms with van der Waals surface area (Å²) in [5, 5.41) is 12.5. The van der Waals surface area contributed by atoms with Gasteiger partial charge in [0.05, 0.1) is 25.4 Å². The lowest BCUT2D eigenvalue weighted by atomic mass is 9.98. The first kappa shape index (κ1) is 28.3. The van der Waals surface area contributed by atoms with Gasteiger partial charge in [0, 0.05) is 12.5 Å². The van der Waals surface area contributed by atoms with Crippen LogP contribution in [0.25, 0.3) is 11.1 Å². The van der Waals surface area contributed by atoms with Gasteiger partial charge in [-0.05, 0) is 41.7 Å². The predicted molar refractivity (Wildman–Crippen MR) is 151 cm³/mol. The minimum atomic E-state index is -1.19. The van der Waals surface area contributed by atoms with Crippen molar-refractivity contribution in [2.24, 2.45) is 0 Å². The number of hydrogen-bond donors (Lipinski definition) is 2. The molecule has 0 saturated carbocycles. The van der Waals surface area contributed by atoms with Crippen LogP contribution in [0.2, 0.25) is 0 Å². The molecule has 3 aromatic rings. The van der Waals surface area contributed by atoms with Crippen molar-refractivity contribution >= 4 is 18.0 Å². The van der Waals surface area contributed by atoms with E-state index < -0.39 is 42.3 Å². The standard InChI is InChI=1S/C32H34N2O7/c1-20(40-18-22-10-4-3-5-11-22)28(30(35)34-16-17-39-21(2)29(34)31(36)37)33-32(38)41-19-27-25-14-8-6-12-23(25)24-13-7-9-15-26(24)27/h3-15,20-21,27-29H,16-19H2,1-2H3,(H,33,38)(H,36,37). The SMILES string of the molecule is CC(OCc1ccccc1)C(NC(=O)OCC1c2ccccc2-c2ccccc21)C(=O)N1CCOC(C)C1C(=O)O. The van der Waals surface area contributed by atoms with Gasteiger partial charge in [-0.15, -0.1) is 0 Å². The average molecular weight is 559 g/mol. The molecule has 2 amide bonds. The Morgan fingerprint density at radius 2 is 1.59 bits per heavy atom. The number of carboxylic acids is 1. The molecule has 0 radical (unpaired) electrons. The Morgan fingerprint density at radius 3 is 2.22 bits per heavy atom. The number of nitrogens with zero attached hydrogens (tertiary/aromatic N) is 1. The molecule has 3 aromatic carbocycles. The van der Waals surface area contributed by atoms with Gasteiger partial charge in [0.2, 0.25) is 5.91 Å². The van der Waals surface area contributed by atoms with E-state index in [0.29, 0.717) is 0 Å². The largest absolute Gasteiger partial charge is 0.480 e. The summed E-state index contributed by atoms with van der Waals surface area (Å²) in [6, 6.07) is 23.1. The third-order valence-electron chi connectivity index (χ3n) is 7.74. The quantitative estimate of drug-likeness (QED) is 0.405. The lowest BCUT2D eigenvalue weighted by molar-refractivity contribution is -0.167. The van der Waals surface area contributed by atoms with Gasteiger partial charge in [-0.2, -0.15) is 0 Å². The molecule has 4 atom stereocenters. The Kier molecular flexibility index (Phi) is 8.66. The van der Waals surface area contributed by atoms with Crippen molar-refractivity contribution in [3.8, 4) is 11.1 Å². The van der Waals surface area contributed by atoms with Gasteiger partial charge in [-0.25, -0.2) is 9.59 Å². The number of hydrogen-bond acceptors (Lipinski definition) is 6. The van der Waals surface area contributed by atoms with E-state index >= 15 is 0 Å². The molecule has 0 spiro atoms. The number of rotatable bonds is 9. The maximum absolute atomic E-state index is 13.8. The van der Waals surface area contributed by atoms with Crippen LogP contribution in [0.4, 0.5) is 4.79 Å². The van der Waals surface area contributed by atoms with Gasteiger partial charge in [-0.3, -0.25) is 4.79 Å². The molecule has 41 heavy (non-hydrogen) atoms. The average Bonchev–Trinajstić information content (AvgIpc) is 3.31. The van der Waals surface area contributed by atoms with Gasteiger partial charge in [-0.1, -0.05) is 78.9 Å². The highest BCUT2D eigenvalue weighted by Crippen LogP contribution is 2.44. The Labute approximate surface area is 239 Å². The van der Waals surface area contributed by atoms with Gasteiger partial charge < -0.3 is 29.5 Å². The molecule has 4 unspecified atom stereocenters. The number of fused-ring (bicyclic) bond motifs is 3. The molecule has 5 rings (SSSR count). The molecule has 9 nitrogen and oxygen atoms in total. The molecule has 1 saturated heterocycles. The minimum Gasteiger partial charge on any atom is -0.480 e. The first-order valence-electron chi connectivity index (χ1n) is 13.8. The lowest BCUT2D eigenvalue weighted by Gasteiger charge is -2.39. The number of morpholine rings is 1. The summed E-state index contributed by atoms with van der Waals surface area (Å²) in [6.45, 7) is 3.84. The number of carbonyl (C=O) groups excluding carboxylic acids is 2. The van der Waals surface area contributed by atoms with Crippen molar-refractivity contribution in [3.63, 3.8) is 0 Å². The third kappa shape index (κ3) is 6.11. The van der Waals surface area contributed by atoms with Crippen molar-refractivity contribution in [2.45, 2.75) is 50.7 Å². The Hall–Kier alpha value is -4.21. The summed E-state index contributed by atoms with van der Waals surface area (Å²) in [4.78, 5) is 40.3. The molecule has 2 N–H and O–H groups in total. The molecule has 0 aromatic heterocycles. The van der Waals surface area contributed by atoms with E-state index in [1.807, 2.05) is 66.7 Å². The number of nitrogens with one attached hydrogen (secondary N) is 1. The van der Waals surface area contributed by atoms with Gasteiger partial charge >= 0.3 is 12.1 Å². The van der Waals surface area contributed by atoms with Gasteiger partial charge in [0.25, 0.3) is 0 Å². The molecular weight excluding hydrogens is 524 g/mol. The van der Waals surface area contributed by atoms with Crippen molar-refractivity contribution in [2.75, 3.05) is 19.8 Å². The highest BCUT2D eigenvalue weighted by atomic mass is 16.6. The minimum absolute atomic E-state index is 0.0758. The number of alkyl carbamates (subject to hydrolysis) is 1. The molecule has 2 aliphatic rings. The van der Waals surface area contributed by atoms with Gasteiger partial charge in [0.15, 0.2) is 6.04 Å². The second-order valence-electron chi connectivity index (χ2n) is 10.3. The van der Waals surface area contributed by atoms with Crippen LogP contribution in [0.3, 0.4) is 0 Å². The Morgan fingerprint density at radius 1 is 0.976 bits per heavy atom. The van der Waals surface area contributed by atoms with Crippen molar-refractivity contribution < 1.29 is 33.7 Å². The molecule has 0 bridgehead atoms. The highest BCUT2D eigenvalue weighted by Gasteiger charge is 2.42. The van der Waals surface area contributed by atoms with Crippen LogP contribution in [0.5, 0.6) is 0 Å². The fraction of sp³-hybridized carbons (Fsp3) is 0.344. The number of amides is 2. The van der Waals surface area contributed by atoms with Crippen LogP contribution in [0.1, 0.15) is 36.5 Å². The zero-order valence-corrected chi connectivity index (χ0v) is 23.1. The molecule has 1 aliphatic carbocycles. The van der Waals surface area contributed by atoms with E-state index in [4.69, 9.17) is 14.2 Å². The van der Waals surface area contributed by atoms with Crippen LogP contribution in [-0.4, -0.2) is 72.0 Å². The van der Waals surface area contributed by atoms with E-state index in [0.717, 1.165) is 27.8 Å². The lowest BCUT2D eigenvalue weighted by Crippen LogP contribution is -2.63. The van der Waals surface area contributed by atoms with Crippen LogP contribution in [0, 0.1) is 0 Å². The number of ether oxygens (including phenoxy) is 3. The number of carbonyl (C=O) groups is 3. The van der Waals surface area contributed by atoms with E-state index in [1.165, 1.54) is 4.90 Å². The molecular formula is C32H34N2O7. The molecule has 9 heteroatoms. The van der Waals surface area contributed by atoms with E-state index in [1.54, 1.807) is 13.8 Å². The van der Waals surface area contributed by atoms with E-state index in [-0.39, 0.29) is 32.3 Å². The summed E-state index contributed by atoms with van der Waals surface area (Å²) >= 11 is 0. The van der Waals surface area contributed by atoms with E-state index in [2.05, 4.69) is 17.4 Å². The summed E-state index contributed by atoms with van der Waals surface area (Å²) in [5.74, 6) is -1.89. The third-order valence-corrected chi connectivity index (χ3v) is 7.74. The van der Waals surface area contributed by atoms with Crippen molar-refractivity contribution in [3.05, 3.63) is 95.6 Å². The number of aliphatic carboxylic acids is 1. The Bertz CT molecular complexity index is 1350. The molecule has 1 aliphatic heterocycles. The van der Waals surface area contributed by atoms with Crippen molar-refractivity contribution in [1.29, 1.82) is 0 Å². The van der Waals surface area contributed by atoms with Crippen LogP contribution in [0.15, 0.2) is 78.9 Å². The van der Waals surface area contributed by atoms with Crippen LogP contribution in [-0.2, 0) is 30.4 Å². The topological polar surface area (TPSA) is 114 Å². The van der Waals surface area contributed by atoms with Crippen LogP contribution < -0.4 is 5.32 Å². The normalized spacial score (nSPS) is 19.5. The molecule has 1 heterocycles. The maximum atomic E-state index is 13.8. The molecule has 214 valence electrons. The monoisotopic (exact) mass is 558 g/mol. The summed E-state index contributed by atoms with van der Waals surface area (Å²) < 4.78 is 17.2. The van der Waals surface area contributed by atoms with Crippen LogP contribution >= 0.6 is 0 Å². The highest BCUT2D eigenvalue weighted by molar-refractivity contribution is 5.90. The number of benzene rings is 3. The number of carboxylic acid groups (broad SMARTS) is 1. The fourth-order valence-corrected chi connectivity index (χ4v) is 5.63. The first-order valence-corrected chi connectivity index (χ1v) is 13.8. The second kappa shape index (κ2) is 12.5. The van der Waals surface area contributed by atoms with Gasteiger partial charge in [0.1, 0.15) is 12.6 Å². The maximum Gasteiger partial charge on any atom is 0.407 e. The zero-order valence-electron chi connectivity index (χ0n) is 23.1. The first-order chi connectivity index (χ1) is 19.8. The fourth-order valence-electron chi connectivity index (χ4n) is 5.63. The summed E-state index contributed by atoms with van der Waals surface area (Å²) in [7, 11) is 0. The predicted octanol–water partition coefficient (Wildman–Crippen LogP) is 4.20. The second-order valence-corrected chi connectivity index (χ2v) is 10.3. The molecule has 1 fully saturated rings. The van der Waals surface area contributed by atoms with E-state index in [9.17, 15) is 19.5 Å². The smallest absolute Gasteiger partial charge is 0.407 e. The zero-order chi connectivity index (χ0) is 28.9. The Balaban J connectivity index is 1.32. The summed E-state index contributed by atoms with van der Waals surface area (Å²) in [6.07, 6.45) is -2.27. The van der Waals surface area contributed by atoms with Crippen molar-refractivity contribution in [1.82, 2.24) is 10.2 Å². The summed E-state index contributed by atoms with van der Waals surface area (Å²) in [5.41, 5.74) is 5.25.